The van der Waals surface area contributed by atoms with Crippen molar-refractivity contribution in [2.24, 2.45) is 11.7 Å². The maximum Gasteiger partial charge on any atom is 0.252 e. The number of nitrogens with two attached hydrogens (primary N) is 1. The zero-order chi connectivity index (χ0) is 19.4. The lowest BCUT2D eigenvalue weighted by Crippen LogP contribution is -2.43. The van der Waals surface area contributed by atoms with Crippen LogP contribution in [-0.4, -0.2) is 40.2 Å². The van der Waals surface area contributed by atoms with E-state index in [0.29, 0.717) is 11.5 Å². The van der Waals surface area contributed by atoms with Crippen molar-refractivity contribution < 1.29 is 15.0 Å². The first-order valence-corrected chi connectivity index (χ1v) is 9.54. The van der Waals surface area contributed by atoms with Gasteiger partial charge in [0.05, 0.1) is 11.7 Å². The summed E-state index contributed by atoms with van der Waals surface area (Å²) in [5, 5.41) is 20.5. The van der Waals surface area contributed by atoms with Crippen molar-refractivity contribution in [1.82, 2.24) is 4.90 Å². The van der Waals surface area contributed by atoms with Crippen LogP contribution >= 0.6 is 0 Å². The maximum absolute atomic E-state index is 11.4. The van der Waals surface area contributed by atoms with Crippen molar-refractivity contribution in [3.05, 3.63) is 65.2 Å². The lowest BCUT2D eigenvalue weighted by Gasteiger charge is -2.38. The van der Waals surface area contributed by atoms with Gasteiger partial charge >= 0.3 is 0 Å². The van der Waals surface area contributed by atoms with Crippen LogP contribution in [0.5, 0.6) is 5.75 Å². The van der Waals surface area contributed by atoms with Gasteiger partial charge in [0.1, 0.15) is 5.75 Å². The van der Waals surface area contributed by atoms with Crippen molar-refractivity contribution in [3.63, 3.8) is 0 Å². The molecule has 0 bridgehead atoms. The van der Waals surface area contributed by atoms with Gasteiger partial charge in [0, 0.05) is 6.04 Å². The summed E-state index contributed by atoms with van der Waals surface area (Å²) in [5.74, 6) is -0.188. The van der Waals surface area contributed by atoms with E-state index in [1.54, 1.807) is 6.07 Å². The highest BCUT2D eigenvalue weighted by molar-refractivity contribution is 5.95. The van der Waals surface area contributed by atoms with Gasteiger partial charge in [-0.2, -0.15) is 0 Å². The number of carbonyl (C=O) groups excluding carboxylic acids is 1. The Morgan fingerprint density at radius 2 is 1.85 bits per heavy atom. The number of aromatic hydroxyl groups is 1. The zero-order valence-electron chi connectivity index (χ0n) is 15.7. The summed E-state index contributed by atoms with van der Waals surface area (Å²) >= 11 is 0. The zero-order valence-corrected chi connectivity index (χ0v) is 15.7. The Morgan fingerprint density at radius 3 is 2.48 bits per heavy atom. The molecule has 1 heterocycles. The minimum Gasteiger partial charge on any atom is -0.507 e. The van der Waals surface area contributed by atoms with Gasteiger partial charge in [-0.1, -0.05) is 36.4 Å². The lowest BCUT2D eigenvalue weighted by atomic mass is 9.89. The second kappa shape index (κ2) is 8.55. The Hall–Kier alpha value is -2.37. The van der Waals surface area contributed by atoms with Gasteiger partial charge in [-0.15, -0.1) is 0 Å². The quantitative estimate of drug-likeness (QED) is 0.732. The molecular weight excluding hydrogens is 340 g/mol. The third-order valence-electron chi connectivity index (χ3n) is 5.68. The van der Waals surface area contributed by atoms with Crippen LogP contribution in [0.3, 0.4) is 0 Å². The third-order valence-corrected chi connectivity index (χ3v) is 5.68. The number of aliphatic hydroxyl groups excluding tert-OH is 1. The van der Waals surface area contributed by atoms with Crippen LogP contribution in [0.15, 0.2) is 48.5 Å². The summed E-state index contributed by atoms with van der Waals surface area (Å²) in [5.41, 5.74) is 7.31. The van der Waals surface area contributed by atoms with Gasteiger partial charge < -0.3 is 15.9 Å². The molecular formula is C22H28N2O3. The average molecular weight is 368 g/mol. The highest BCUT2D eigenvalue weighted by Gasteiger charge is 2.28. The van der Waals surface area contributed by atoms with Crippen molar-refractivity contribution in [2.45, 2.75) is 38.3 Å². The molecule has 0 radical (unpaired) electrons. The second-order valence-electron chi connectivity index (χ2n) is 7.50. The second-order valence-corrected chi connectivity index (χ2v) is 7.50. The number of rotatable bonds is 6. The van der Waals surface area contributed by atoms with Crippen LogP contribution in [0.1, 0.15) is 47.4 Å². The van der Waals surface area contributed by atoms with E-state index >= 15 is 0 Å². The molecule has 5 heteroatoms. The topological polar surface area (TPSA) is 86.8 Å². The number of piperidine rings is 1. The van der Waals surface area contributed by atoms with E-state index in [9.17, 15) is 15.0 Å². The first-order valence-electron chi connectivity index (χ1n) is 9.54. The number of likely N-dealkylation sites (tertiary alicyclic amines) is 1. The Balaban J connectivity index is 1.59. The van der Waals surface area contributed by atoms with Gasteiger partial charge in [-0.25, -0.2) is 0 Å². The predicted octanol–water partition coefficient (Wildman–Crippen LogP) is 2.87. The summed E-state index contributed by atoms with van der Waals surface area (Å²) in [6.45, 7) is 3.88. The van der Waals surface area contributed by atoms with E-state index in [-0.39, 0.29) is 17.4 Å². The standard InChI is InChI=1S/C22H28N2O3/c1-15(21(26)18-7-8-20(25)19(14-18)22(23)27)24-11-9-17(10-12-24)13-16-5-3-2-4-6-16/h2-8,14-15,17,21,25-26H,9-13H2,1H3,(H2,23,27). The van der Waals surface area contributed by atoms with E-state index in [0.717, 1.165) is 32.4 Å². The van der Waals surface area contributed by atoms with E-state index in [2.05, 4.69) is 29.2 Å². The molecule has 2 aromatic rings. The average Bonchev–Trinajstić information content (AvgIpc) is 2.68. The van der Waals surface area contributed by atoms with Crippen LogP contribution in [0.4, 0.5) is 0 Å². The Bertz CT molecular complexity index is 770. The molecule has 5 nitrogen and oxygen atoms in total. The fraction of sp³-hybridized carbons (Fsp3) is 0.409. The number of carbonyl (C=O) groups is 1. The Kier molecular flexibility index (Phi) is 6.14. The molecule has 144 valence electrons. The Morgan fingerprint density at radius 1 is 1.19 bits per heavy atom. The molecule has 4 N–H and O–H groups in total. The first kappa shape index (κ1) is 19.4. The summed E-state index contributed by atoms with van der Waals surface area (Å²) in [4.78, 5) is 13.7. The molecule has 1 amide bonds. The molecule has 0 spiro atoms. The molecule has 1 saturated heterocycles. The molecule has 27 heavy (non-hydrogen) atoms. The van der Waals surface area contributed by atoms with Gasteiger partial charge in [0.25, 0.3) is 5.91 Å². The predicted molar refractivity (Wildman–Crippen MR) is 105 cm³/mol. The van der Waals surface area contributed by atoms with Crippen molar-refractivity contribution in [1.29, 1.82) is 0 Å². The fourth-order valence-electron chi connectivity index (χ4n) is 3.92. The van der Waals surface area contributed by atoms with Crippen molar-refractivity contribution >= 4 is 5.91 Å². The van der Waals surface area contributed by atoms with E-state index < -0.39 is 12.0 Å². The molecule has 0 aliphatic carbocycles. The van der Waals surface area contributed by atoms with Gasteiger partial charge in [-0.3, -0.25) is 9.69 Å². The lowest BCUT2D eigenvalue weighted by molar-refractivity contribution is 0.0373. The SMILES string of the molecule is CC(C(O)c1ccc(O)c(C(N)=O)c1)N1CCC(Cc2ccccc2)CC1. The van der Waals surface area contributed by atoms with Crippen LogP contribution in [0, 0.1) is 5.92 Å². The van der Waals surface area contributed by atoms with Gasteiger partial charge in [-0.05, 0) is 68.5 Å². The molecule has 2 unspecified atom stereocenters. The largest absolute Gasteiger partial charge is 0.507 e. The molecule has 1 aliphatic heterocycles. The molecule has 0 saturated carbocycles. The molecule has 2 aromatic carbocycles. The summed E-state index contributed by atoms with van der Waals surface area (Å²) in [7, 11) is 0. The summed E-state index contributed by atoms with van der Waals surface area (Å²) < 4.78 is 0. The fourth-order valence-corrected chi connectivity index (χ4v) is 3.92. The number of primary amides is 1. The number of hydrogen-bond donors (Lipinski definition) is 3. The first-order chi connectivity index (χ1) is 13.0. The number of hydrogen-bond acceptors (Lipinski definition) is 4. The molecule has 1 aliphatic rings. The van der Waals surface area contributed by atoms with Crippen LogP contribution in [-0.2, 0) is 6.42 Å². The summed E-state index contributed by atoms with van der Waals surface area (Å²) in [6.07, 6.45) is 2.57. The number of nitrogens with zero attached hydrogens (tertiary/aromatic N) is 1. The maximum atomic E-state index is 11.4. The van der Waals surface area contributed by atoms with Gasteiger partial charge in [0.2, 0.25) is 0 Å². The minimum atomic E-state index is -0.741. The van der Waals surface area contributed by atoms with Crippen molar-refractivity contribution in [3.8, 4) is 5.75 Å². The van der Waals surface area contributed by atoms with E-state index in [1.807, 2.05) is 13.0 Å². The van der Waals surface area contributed by atoms with Crippen molar-refractivity contribution in [2.75, 3.05) is 13.1 Å². The number of amides is 1. The number of benzene rings is 2. The highest BCUT2D eigenvalue weighted by atomic mass is 16.3. The van der Waals surface area contributed by atoms with E-state index in [1.165, 1.54) is 17.7 Å². The van der Waals surface area contributed by atoms with Crippen LogP contribution < -0.4 is 5.73 Å². The highest BCUT2D eigenvalue weighted by Crippen LogP contribution is 2.29. The van der Waals surface area contributed by atoms with Crippen LogP contribution in [0.2, 0.25) is 0 Å². The molecule has 1 fully saturated rings. The molecule has 2 atom stereocenters. The summed E-state index contributed by atoms with van der Waals surface area (Å²) in [6, 6.07) is 15.0. The Labute approximate surface area is 160 Å². The molecule has 0 aromatic heterocycles. The number of aliphatic hydroxyl groups is 1. The smallest absolute Gasteiger partial charge is 0.252 e. The van der Waals surface area contributed by atoms with E-state index in [4.69, 9.17) is 5.73 Å². The third kappa shape index (κ3) is 4.67. The molecule has 3 rings (SSSR count). The monoisotopic (exact) mass is 368 g/mol. The van der Waals surface area contributed by atoms with Gasteiger partial charge in [0.15, 0.2) is 0 Å². The minimum absolute atomic E-state index is 0.0420. The normalized spacial score (nSPS) is 18.1. The number of phenols is 1. The van der Waals surface area contributed by atoms with Crippen LogP contribution in [0.25, 0.3) is 0 Å².